The number of nitro groups is 1. The van der Waals surface area contributed by atoms with E-state index in [0.717, 1.165) is 24.7 Å². The molecule has 0 N–H and O–H groups in total. The van der Waals surface area contributed by atoms with Gasteiger partial charge in [-0.15, -0.1) is 0 Å². The number of sulfonamides is 1. The quantitative estimate of drug-likeness (QED) is 0.377. The molecule has 1 fully saturated rings. The lowest BCUT2D eigenvalue weighted by Gasteiger charge is -2.29. The van der Waals surface area contributed by atoms with Crippen LogP contribution in [0.25, 0.3) is 0 Å². The first-order valence-corrected chi connectivity index (χ1v) is 12.1. The van der Waals surface area contributed by atoms with Crippen LogP contribution in [0.5, 0.6) is 5.75 Å². The Balaban J connectivity index is 1.87. The van der Waals surface area contributed by atoms with Gasteiger partial charge in [-0.05, 0) is 36.8 Å². The number of benzene rings is 2. The molecule has 0 radical (unpaired) electrons. The summed E-state index contributed by atoms with van der Waals surface area (Å²) < 4.78 is 39.1. The van der Waals surface area contributed by atoms with Crippen LogP contribution < -0.4 is 4.74 Å². The zero-order valence-electron chi connectivity index (χ0n) is 17.8. The lowest BCUT2D eigenvalue weighted by molar-refractivity contribution is -0.384. The number of hydrogen-bond donors (Lipinski definition) is 0. The summed E-state index contributed by atoms with van der Waals surface area (Å²) in [5.41, 5.74) is 0.337. The van der Waals surface area contributed by atoms with Gasteiger partial charge in [-0.3, -0.25) is 15.0 Å². The summed E-state index contributed by atoms with van der Waals surface area (Å²) in [4.78, 5) is 12.5. The minimum atomic E-state index is -4.01. The second-order valence-electron chi connectivity index (χ2n) is 7.24. The SMILES string of the molecule is CCOc1ccc(CN(CCN2CCOCC2)S(=O)(=O)c2ccc(Cl)c([N+](=O)[O-])c2)cc1. The highest BCUT2D eigenvalue weighted by atomic mass is 35.5. The zero-order chi connectivity index (χ0) is 23.1. The molecule has 0 bridgehead atoms. The first kappa shape index (κ1) is 24.4. The molecule has 0 unspecified atom stereocenters. The van der Waals surface area contributed by atoms with E-state index in [9.17, 15) is 18.5 Å². The van der Waals surface area contributed by atoms with Gasteiger partial charge in [0.25, 0.3) is 5.69 Å². The van der Waals surface area contributed by atoms with E-state index in [2.05, 4.69) is 4.90 Å². The maximum Gasteiger partial charge on any atom is 0.289 e. The van der Waals surface area contributed by atoms with Gasteiger partial charge in [0.2, 0.25) is 10.0 Å². The molecule has 0 amide bonds. The number of halogens is 1. The van der Waals surface area contributed by atoms with E-state index >= 15 is 0 Å². The number of morpholine rings is 1. The van der Waals surface area contributed by atoms with Gasteiger partial charge in [0, 0.05) is 38.8 Å². The monoisotopic (exact) mass is 483 g/mol. The first-order chi connectivity index (χ1) is 15.3. The molecule has 174 valence electrons. The Morgan fingerprint density at radius 1 is 1.19 bits per heavy atom. The van der Waals surface area contributed by atoms with Crippen molar-refractivity contribution in [3.8, 4) is 5.75 Å². The predicted octanol–water partition coefficient (Wildman–Crippen LogP) is 3.17. The Labute approximate surface area is 192 Å². The molecule has 2 aromatic rings. The number of nitrogens with zero attached hydrogens (tertiary/aromatic N) is 3. The average molecular weight is 484 g/mol. The maximum absolute atomic E-state index is 13.5. The summed E-state index contributed by atoms with van der Waals surface area (Å²) in [7, 11) is -4.01. The maximum atomic E-state index is 13.5. The van der Waals surface area contributed by atoms with Gasteiger partial charge in [0.05, 0.1) is 29.6 Å². The molecule has 2 aromatic carbocycles. The molecule has 1 heterocycles. The van der Waals surface area contributed by atoms with Gasteiger partial charge in [0.15, 0.2) is 0 Å². The van der Waals surface area contributed by atoms with Crippen molar-refractivity contribution in [2.24, 2.45) is 0 Å². The van der Waals surface area contributed by atoms with E-state index < -0.39 is 20.6 Å². The zero-order valence-corrected chi connectivity index (χ0v) is 19.3. The second-order valence-corrected chi connectivity index (χ2v) is 9.59. The highest BCUT2D eigenvalue weighted by molar-refractivity contribution is 7.89. The molecule has 0 aliphatic carbocycles. The Morgan fingerprint density at radius 2 is 1.88 bits per heavy atom. The normalized spacial score (nSPS) is 15.1. The fourth-order valence-electron chi connectivity index (χ4n) is 3.37. The summed E-state index contributed by atoms with van der Waals surface area (Å²) in [6, 6.07) is 10.8. The standard InChI is InChI=1S/C21H26ClN3O6S/c1-2-31-18-5-3-17(4-6-18)16-24(10-9-23-11-13-30-14-12-23)32(28,29)19-7-8-20(22)21(15-19)25(26)27/h3-8,15H,2,9-14,16H2,1H3. The van der Waals surface area contributed by atoms with Gasteiger partial charge in [-0.1, -0.05) is 23.7 Å². The molecular formula is C21H26ClN3O6S. The van der Waals surface area contributed by atoms with Crippen LogP contribution in [0, 0.1) is 10.1 Å². The molecule has 0 atom stereocenters. The van der Waals surface area contributed by atoms with Crippen molar-refractivity contribution in [1.82, 2.24) is 9.21 Å². The molecule has 1 saturated heterocycles. The van der Waals surface area contributed by atoms with E-state index in [1.165, 1.54) is 16.4 Å². The van der Waals surface area contributed by atoms with Crippen molar-refractivity contribution in [1.29, 1.82) is 0 Å². The largest absolute Gasteiger partial charge is 0.494 e. The van der Waals surface area contributed by atoms with E-state index in [1.807, 2.05) is 19.1 Å². The van der Waals surface area contributed by atoms with E-state index in [-0.39, 0.29) is 23.0 Å². The minimum absolute atomic E-state index is 0.111. The molecule has 32 heavy (non-hydrogen) atoms. The molecule has 1 aliphatic rings. The first-order valence-electron chi connectivity index (χ1n) is 10.3. The Kier molecular flexibility index (Phi) is 8.44. The third-order valence-electron chi connectivity index (χ3n) is 5.11. The smallest absolute Gasteiger partial charge is 0.289 e. The van der Waals surface area contributed by atoms with Crippen LogP contribution in [0.1, 0.15) is 12.5 Å². The van der Waals surface area contributed by atoms with Crippen molar-refractivity contribution in [3.63, 3.8) is 0 Å². The Bertz CT molecular complexity index is 1030. The summed E-state index contributed by atoms with van der Waals surface area (Å²) >= 11 is 5.87. The van der Waals surface area contributed by atoms with Crippen LogP contribution >= 0.6 is 11.6 Å². The summed E-state index contributed by atoms with van der Waals surface area (Å²) in [6.07, 6.45) is 0. The average Bonchev–Trinajstić information content (AvgIpc) is 2.78. The van der Waals surface area contributed by atoms with Crippen molar-refractivity contribution in [3.05, 3.63) is 63.2 Å². The van der Waals surface area contributed by atoms with Crippen molar-refractivity contribution in [2.45, 2.75) is 18.4 Å². The van der Waals surface area contributed by atoms with Crippen LogP contribution in [0.4, 0.5) is 5.69 Å². The van der Waals surface area contributed by atoms with Crippen LogP contribution in [0.15, 0.2) is 47.4 Å². The number of rotatable bonds is 10. The van der Waals surface area contributed by atoms with E-state index in [4.69, 9.17) is 21.1 Å². The third-order valence-corrected chi connectivity index (χ3v) is 7.28. The molecule has 0 saturated carbocycles. The van der Waals surface area contributed by atoms with Gasteiger partial charge in [-0.25, -0.2) is 8.42 Å². The van der Waals surface area contributed by atoms with Crippen LogP contribution in [0.2, 0.25) is 5.02 Å². The topological polar surface area (TPSA) is 102 Å². The highest BCUT2D eigenvalue weighted by Crippen LogP contribution is 2.29. The summed E-state index contributed by atoms with van der Waals surface area (Å²) in [5, 5.41) is 11.2. The fraction of sp³-hybridized carbons (Fsp3) is 0.429. The molecule has 0 aromatic heterocycles. The Hall–Kier alpha value is -2.24. The minimum Gasteiger partial charge on any atom is -0.494 e. The van der Waals surface area contributed by atoms with Crippen LogP contribution in [0.3, 0.4) is 0 Å². The summed E-state index contributed by atoms with van der Waals surface area (Å²) in [5.74, 6) is 0.701. The Morgan fingerprint density at radius 3 is 2.50 bits per heavy atom. The van der Waals surface area contributed by atoms with Crippen molar-refractivity contribution >= 4 is 27.3 Å². The van der Waals surface area contributed by atoms with Crippen LogP contribution in [-0.4, -0.2) is 68.5 Å². The molecule has 3 rings (SSSR count). The third kappa shape index (κ3) is 6.17. The number of nitro benzene ring substituents is 1. The molecular weight excluding hydrogens is 458 g/mol. The predicted molar refractivity (Wildman–Crippen MR) is 121 cm³/mol. The van der Waals surface area contributed by atoms with Crippen molar-refractivity contribution < 1.29 is 22.8 Å². The highest BCUT2D eigenvalue weighted by Gasteiger charge is 2.28. The molecule has 9 nitrogen and oxygen atoms in total. The number of ether oxygens (including phenoxy) is 2. The summed E-state index contributed by atoms with van der Waals surface area (Å²) in [6.45, 7) is 5.96. The number of hydrogen-bond acceptors (Lipinski definition) is 7. The van der Waals surface area contributed by atoms with E-state index in [0.29, 0.717) is 32.1 Å². The van der Waals surface area contributed by atoms with Gasteiger partial charge in [-0.2, -0.15) is 4.31 Å². The van der Waals surface area contributed by atoms with Gasteiger partial charge < -0.3 is 9.47 Å². The molecule has 0 spiro atoms. The molecule has 1 aliphatic heterocycles. The fourth-order valence-corrected chi connectivity index (χ4v) is 4.99. The van der Waals surface area contributed by atoms with Gasteiger partial charge in [0.1, 0.15) is 10.8 Å². The van der Waals surface area contributed by atoms with Crippen molar-refractivity contribution in [2.75, 3.05) is 46.0 Å². The molecule has 11 heteroatoms. The lowest BCUT2D eigenvalue weighted by atomic mass is 10.2. The van der Waals surface area contributed by atoms with E-state index in [1.54, 1.807) is 12.1 Å². The second kappa shape index (κ2) is 11.1. The van der Waals surface area contributed by atoms with Crippen LogP contribution in [-0.2, 0) is 21.3 Å². The van der Waals surface area contributed by atoms with Gasteiger partial charge >= 0.3 is 0 Å². The lowest BCUT2D eigenvalue weighted by Crippen LogP contribution is -2.42.